The van der Waals surface area contributed by atoms with Gasteiger partial charge in [0.05, 0.1) is 19.3 Å². The van der Waals surface area contributed by atoms with E-state index in [1.54, 1.807) is 0 Å². The summed E-state index contributed by atoms with van der Waals surface area (Å²) in [5.74, 6) is -0.190. The molecule has 0 saturated heterocycles. The number of rotatable bonds is 12. The minimum atomic E-state index is -4.30. The second-order valence-corrected chi connectivity index (χ2v) is 8.27. The molecule has 0 aliphatic rings. The largest absolute Gasteiger partial charge is 0.495 e. The Labute approximate surface area is 182 Å². The third-order valence-electron chi connectivity index (χ3n) is 4.45. The number of carbonyl (C=O) groups is 1. The Morgan fingerprint density at radius 3 is 2.32 bits per heavy atom. The summed E-state index contributed by atoms with van der Waals surface area (Å²) in [5, 5.41) is 18.1. The second kappa shape index (κ2) is 11.0. The quantitative estimate of drug-likeness (QED) is 0.416. The van der Waals surface area contributed by atoms with E-state index in [-0.39, 0.29) is 23.8 Å². The van der Waals surface area contributed by atoms with Gasteiger partial charge in [-0.3, -0.25) is 0 Å². The zero-order chi connectivity index (χ0) is 23.0. The SMILES string of the molecule is CCOc1ccccc1OCCN[C@H](C)Cc1ccc(OC)c(S(N)(=O)=O)c1C(=O)O. The molecule has 31 heavy (non-hydrogen) atoms. The van der Waals surface area contributed by atoms with Crippen molar-refractivity contribution in [3.63, 3.8) is 0 Å². The zero-order valence-corrected chi connectivity index (χ0v) is 18.6. The van der Waals surface area contributed by atoms with Crippen LogP contribution in [0.1, 0.15) is 29.8 Å². The maximum Gasteiger partial charge on any atom is 0.337 e. The minimum Gasteiger partial charge on any atom is -0.495 e. The van der Waals surface area contributed by atoms with Crippen molar-refractivity contribution in [2.24, 2.45) is 5.14 Å². The number of ether oxygens (including phenoxy) is 3. The third-order valence-corrected chi connectivity index (χ3v) is 5.43. The number of methoxy groups -OCH3 is 1. The van der Waals surface area contributed by atoms with E-state index in [0.717, 1.165) is 0 Å². The van der Waals surface area contributed by atoms with Crippen molar-refractivity contribution in [2.75, 3.05) is 26.9 Å². The number of sulfonamides is 1. The lowest BCUT2D eigenvalue weighted by atomic mass is 10.0. The molecule has 0 bridgehead atoms. The van der Waals surface area contributed by atoms with Gasteiger partial charge in [0.1, 0.15) is 17.3 Å². The molecule has 4 N–H and O–H groups in total. The number of primary sulfonamides is 1. The van der Waals surface area contributed by atoms with Gasteiger partial charge in [-0.05, 0) is 44.0 Å². The molecule has 170 valence electrons. The smallest absolute Gasteiger partial charge is 0.337 e. The summed E-state index contributed by atoms with van der Waals surface area (Å²) in [7, 11) is -3.04. The molecule has 0 spiro atoms. The molecule has 0 aliphatic carbocycles. The van der Waals surface area contributed by atoms with E-state index in [4.69, 9.17) is 19.3 Å². The second-order valence-electron chi connectivity index (χ2n) is 6.77. The van der Waals surface area contributed by atoms with Crippen LogP contribution in [0.3, 0.4) is 0 Å². The molecule has 0 saturated carbocycles. The van der Waals surface area contributed by atoms with Crippen molar-refractivity contribution in [1.82, 2.24) is 5.32 Å². The number of hydrogen-bond donors (Lipinski definition) is 3. The predicted octanol–water partition coefficient (Wildman–Crippen LogP) is 2.04. The number of benzene rings is 2. The van der Waals surface area contributed by atoms with E-state index >= 15 is 0 Å². The fraction of sp³-hybridized carbons (Fsp3) is 0.381. The first-order valence-corrected chi connectivity index (χ1v) is 11.3. The Kier molecular flexibility index (Phi) is 8.66. The molecule has 9 nitrogen and oxygen atoms in total. The van der Waals surface area contributed by atoms with Crippen LogP contribution < -0.4 is 24.7 Å². The van der Waals surface area contributed by atoms with Gasteiger partial charge in [0.15, 0.2) is 11.5 Å². The van der Waals surface area contributed by atoms with E-state index in [1.165, 1.54) is 19.2 Å². The highest BCUT2D eigenvalue weighted by Gasteiger charge is 2.27. The Morgan fingerprint density at radius 2 is 1.77 bits per heavy atom. The van der Waals surface area contributed by atoms with E-state index in [1.807, 2.05) is 38.1 Å². The van der Waals surface area contributed by atoms with Crippen LogP contribution >= 0.6 is 0 Å². The number of carboxylic acids is 1. The fourth-order valence-corrected chi connectivity index (χ4v) is 4.10. The first kappa shape index (κ1) is 24.4. The summed E-state index contributed by atoms with van der Waals surface area (Å²) in [4.78, 5) is 11.3. The summed E-state index contributed by atoms with van der Waals surface area (Å²) in [6.45, 7) is 5.14. The van der Waals surface area contributed by atoms with Crippen LogP contribution in [0.4, 0.5) is 0 Å². The topological polar surface area (TPSA) is 137 Å². The molecule has 0 radical (unpaired) electrons. The average molecular weight is 453 g/mol. The normalized spacial score (nSPS) is 12.3. The number of nitrogens with two attached hydrogens (primary N) is 1. The molecule has 1 atom stereocenters. The van der Waals surface area contributed by atoms with Crippen molar-refractivity contribution in [2.45, 2.75) is 31.2 Å². The molecule has 0 amide bonds. The number of hydrogen-bond acceptors (Lipinski definition) is 7. The summed E-state index contributed by atoms with van der Waals surface area (Å²) in [5.41, 5.74) is -0.0441. The Hall–Kier alpha value is -2.82. The van der Waals surface area contributed by atoms with Crippen LogP contribution in [-0.4, -0.2) is 52.4 Å². The van der Waals surface area contributed by atoms with Crippen LogP contribution in [0.5, 0.6) is 17.2 Å². The summed E-state index contributed by atoms with van der Waals surface area (Å²) in [6, 6.07) is 10.1. The van der Waals surface area contributed by atoms with Crippen molar-refractivity contribution in [1.29, 1.82) is 0 Å². The summed E-state index contributed by atoms with van der Waals surface area (Å²) in [6.07, 6.45) is 0.268. The molecule has 0 aliphatic heterocycles. The van der Waals surface area contributed by atoms with Gasteiger partial charge >= 0.3 is 5.97 Å². The van der Waals surface area contributed by atoms with Crippen LogP contribution in [0.2, 0.25) is 0 Å². The number of para-hydroxylation sites is 2. The van der Waals surface area contributed by atoms with Crippen molar-refractivity contribution in [3.05, 3.63) is 47.5 Å². The lowest BCUT2D eigenvalue weighted by Gasteiger charge is -2.18. The molecular weight excluding hydrogens is 424 g/mol. The van der Waals surface area contributed by atoms with Gasteiger partial charge in [0.2, 0.25) is 10.0 Å². The van der Waals surface area contributed by atoms with Gasteiger partial charge in [-0.2, -0.15) is 0 Å². The minimum absolute atomic E-state index is 0.106. The van der Waals surface area contributed by atoms with Crippen molar-refractivity contribution < 1.29 is 32.5 Å². The van der Waals surface area contributed by atoms with E-state index in [0.29, 0.717) is 36.8 Å². The molecular formula is C21H28N2O7S. The Morgan fingerprint density at radius 1 is 1.13 bits per heavy atom. The molecule has 0 fully saturated rings. The highest BCUT2D eigenvalue weighted by atomic mass is 32.2. The van der Waals surface area contributed by atoms with E-state index < -0.39 is 20.9 Å². The van der Waals surface area contributed by atoms with Crippen LogP contribution in [0, 0.1) is 0 Å². The zero-order valence-electron chi connectivity index (χ0n) is 17.8. The predicted molar refractivity (Wildman–Crippen MR) is 116 cm³/mol. The molecule has 0 heterocycles. The van der Waals surface area contributed by atoms with Gasteiger partial charge in [-0.1, -0.05) is 18.2 Å². The molecule has 2 aromatic carbocycles. The van der Waals surface area contributed by atoms with Gasteiger partial charge in [0.25, 0.3) is 0 Å². The molecule has 0 aromatic heterocycles. The van der Waals surface area contributed by atoms with Crippen LogP contribution in [0.15, 0.2) is 41.3 Å². The van der Waals surface area contributed by atoms with Gasteiger partial charge in [0, 0.05) is 12.6 Å². The molecule has 0 unspecified atom stereocenters. The van der Waals surface area contributed by atoms with Crippen molar-refractivity contribution >= 4 is 16.0 Å². The first-order chi connectivity index (χ1) is 14.7. The van der Waals surface area contributed by atoms with Gasteiger partial charge < -0.3 is 24.6 Å². The molecule has 2 rings (SSSR count). The first-order valence-electron chi connectivity index (χ1n) is 9.73. The Balaban J connectivity index is 2.06. The number of carboxylic acid groups (broad SMARTS) is 1. The van der Waals surface area contributed by atoms with Crippen molar-refractivity contribution in [3.8, 4) is 17.2 Å². The number of aromatic carboxylic acids is 1. The highest BCUT2D eigenvalue weighted by Crippen LogP contribution is 2.30. The van der Waals surface area contributed by atoms with E-state index in [2.05, 4.69) is 5.32 Å². The lowest BCUT2D eigenvalue weighted by Crippen LogP contribution is -2.32. The average Bonchev–Trinajstić information content (AvgIpc) is 2.71. The van der Waals surface area contributed by atoms with Crippen LogP contribution in [0.25, 0.3) is 0 Å². The van der Waals surface area contributed by atoms with Gasteiger partial charge in [-0.25, -0.2) is 18.4 Å². The lowest BCUT2D eigenvalue weighted by molar-refractivity contribution is 0.0690. The fourth-order valence-electron chi connectivity index (χ4n) is 3.16. The molecule has 2 aromatic rings. The monoisotopic (exact) mass is 452 g/mol. The standard InChI is InChI=1S/C21H28N2O7S/c1-4-29-16-7-5-6-8-17(16)30-12-11-23-14(2)13-15-9-10-18(28-3)20(31(22,26)27)19(15)21(24)25/h5-10,14,23H,4,11-13H2,1-3H3,(H,24,25)(H2,22,26,27)/t14-/m1/s1. The number of nitrogens with one attached hydrogen (secondary N) is 1. The Bertz CT molecular complexity index is 1010. The summed E-state index contributed by atoms with van der Waals surface area (Å²) >= 11 is 0. The van der Waals surface area contributed by atoms with Crippen LogP contribution in [-0.2, 0) is 16.4 Å². The third kappa shape index (κ3) is 6.58. The molecule has 10 heteroatoms. The maximum atomic E-state index is 12.0. The maximum absolute atomic E-state index is 12.0. The summed E-state index contributed by atoms with van der Waals surface area (Å²) < 4.78 is 40.3. The highest BCUT2D eigenvalue weighted by molar-refractivity contribution is 7.89. The van der Waals surface area contributed by atoms with E-state index in [9.17, 15) is 18.3 Å². The van der Waals surface area contributed by atoms with Gasteiger partial charge in [-0.15, -0.1) is 0 Å².